The van der Waals surface area contributed by atoms with E-state index < -0.39 is 23.9 Å². The van der Waals surface area contributed by atoms with E-state index in [2.05, 4.69) is 5.32 Å². The number of benzene rings is 2. The molecule has 0 saturated carbocycles. The van der Waals surface area contributed by atoms with Crippen molar-refractivity contribution in [3.05, 3.63) is 70.8 Å². The fourth-order valence-electron chi connectivity index (χ4n) is 2.92. The number of carbonyl (C=O) groups is 3. The summed E-state index contributed by atoms with van der Waals surface area (Å²) in [4.78, 5) is 38.8. The second-order valence-electron chi connectivity index (χ2n) is 6.16. The quantitative estimate of drug-likeness (QED) is 0.379. The number of amidine groups is 1. The highest BCUT2D eigenvalue weighted by atomic mass is 16.5. The van der Waals surface area contributed by atoms with E-state index in [-0.39, 0.29) is 30.1 Å². The minimum absolute atomic E-state index is 0.0439. The fraction of sp³-hybridized carbons (Fsp3) is 0.200. The first-order valence-corrected chi connectivity index (χ1v) is 8.73. The molecule has 3 rings (SSSR count). The van der Waals surface area contributed by atoms with E-state index in [0.29, 0.717) is 5.56 Å². The van der Waals surface area contributed by atoms with Crippen LogP contribution in [-0.4, -0.2) is 41.3 Å². The van der Waals surface area contributed by atoms with Gasteiger partial charge in [0.25, 0.3) is 17.7 Å². The third kappa shape index (κ3) is 3.63. The van der Waals surface area contributed by atoms with Crippen LogP contribution in [0.2, 0.25) is 0 Å². The van der Waals surface area contributed by atoms with Crippen molar-refractivity contribution in [3.63, 3.8) is 0 Å². The van der Waals surface area contributed by atoms with E-state index in [1.54, 1.807) is 55.5 Å². The molecule has 1 aliphatic rings. The summed E-state index contributed by atoms with van der Waals surface area (Å²) in [5.41, 5.74) is 7.28. The van der Waals surface area contributed by atoms with Crippen molar-refractivity contribution in [2.24, 2.45) is 5.73 Å². The lowest BCUT2D eigenvalue weighted by Crippen LogP contribution is -2.51. The molecule has 28 heavy (non-hydrogen) atoms. The van der Waals surface area contributed by atoms with Gasteiger partial charge in [0.2, 0.25) is 6.23 Å². The molecule has 2 aromatic rings. The van der Waals surface area contributed by atoms with Crippen LogP contribution in [-0.2, 0) is 16.1 Å². The predicted molar refractivity (Wildman–Crippen MR) is 102 cm³/mol. The molecular formula is C20H20N4O4. The Labute approximate surface area is 161 Å². The Morgan fingerprint density at radius 1 is 1.11 bits per heavy atom. The summed E-state index contributed by atoms with van der Waals surface area (Å²) in [5.74, 6) is -1.75. The Hall–Kier alpha value is -3.52. The van der Waals surface area contributed by atoms with Gasteiger partial charge in [0.05, 0.1) is 11.1 Å². The van der Waals surface area contributed by atoms with Crippen molar-refractivity contribution in [3.8, 4) is 0 Å². The lowest BCUT2D eigenvalue weighted by Gasteiger charge is -2.24. The van der Waals surface area contributed by atoms with Gasteiger partial charge in [-0.1, -0.05) is 36.4 Å². The molecule has 0 saturated heterocycles. The molecule has 0 fully saturated rings. The van der Waals surface area contributed by atoms with Crippen LogP contribution in [0.25, 0.3) is 0 Å². The highest BCUT2D eigenvalue weighted by molar-refractivity contribution is 6.22. The lowest BCUT2D eigenvalue weighted by atomic mass is 10.1. The summed E-state index contributed by atoms with van der Waals surface area (Å²) >= 11 is 0. The lowest BCUT2D eigenvalue weighted by molar-refractivity contribution is -0.140. The molecule has 0 bridgehead atoms. The number of rotatable bonds is 7. The molecule has 144 valence electrons. The molecule has 4 N–H and O–H groups in total. The third-order valence-electron chi connectivity index (χ3n) is 4.34. The Balaban J connectivity index is 1.73. The summed E-state index contributed by atoms with van der Waals surface area (Å²) in [6.07, 6.45) is -1.35. The fourth-order valence-corrected chi connectivity index (χ4v) is 2.92. The number of nitrogens with one attached hydrogen (secondary N) is 2. The molecule has 0 aromatic heterocycles. The van der Waals surface area contributed by atoms with Crippen LogP contribution in [0, 0.1) is 5.41 Å². The van der Waals surface area contributed by atoms with Gasteiger partial charge in [-0.05, 0) is 24.6 Å². The Kier molecular flexibility index (Phi) is 5.51. The van der Waals surface area contributed by atoms with Gasteiger partial charge in [0.15, 0.2) is 0 Å². The first kappa shape index (κ1) is 19.2. The normalized spacial score (nSPS) is 14.0. The van der Waals surface area contributed by atoms with Gasteiger partial charge in [-0.15, -0.1) is 0 Å². The minimum Gasteiger partial charge on any atom is -0.384 e. The highest BCUT2D eigenvalue weighted by Crippen LogP contribution is 2.25. The van der Waals surface area contributed by atoms with Crippen molar-refractivity contribution in [1.29, 1.82) is 5.41 Å². The maximum absolute atomic E-state index is 12.7. The van der Waals surface area contributed by atoms with Crippen LogP contribution in [0.1, 0.15) is 38.8 Å². The zero-order valence-corrected chi connectivity index (χ0v) is 15.3. The second kappa shape index (κ2) is 8.01. The van der Waals surface area contributed by atoms with Crippen molar-refractivity contribution in [1.82, 2.24) is 10.2 Å². The number of nitrogens with zero attached hydrogens (tertiary/aromatic N) is 1. The predicted octanol–water partition coefficient (Wildman–Crippen LogP) is 1.25. The molecule has 0 spiro atoms. The molecular weight excluding hydrogens is 360 g/mol. The van der Waals surface area contributed by atoms with Gasteiger partial charge in [0.1, 0.15) is 5.84 Å². The van der Waals surface area contributed by atoms with E-state index >= 15 is 0 Å². The van der Waals surface area contributed by atoms with Crippen molar-refractivity contribution in [2.75, 3.05) is 6.61 Å². The van der Waals surface area contributed by atoms with Crippen LogP contribution in [0.5, 0.6) is 0 Å². The first-order chi connectivity index (χ1) is 13.4. The third-order valence-corrected chi connectivity index (χ3v) is 4.34. The number of imide groups is 1. The van der Waals surface area contributed by atoms with E-state index in [4.69, 9.17) is 15.9 Å². The van der Waals surface area contributed by atoms with Crippen LogP contribution in [0.4, 0.5) is 0 Å². The maximum atomic E-state index is 12.7. The molecule has 8 heteroatoms. The SMILES string of the molecule is CCOC(C(=O)NCc1ccc(C(=N)N)cc1)N1C(=O)c2ccccc2C1=O. The van der Waals surface area contributed by atoms with E-state index in [9.17, 15) is 14.4 Å². The monoisotopic (exact) mass is 380 g/mol. The van der Waals surface area contributed by atoms with Crippen LogP contribution in [0.3, 0.4) is 0 Å². The zero-order valence-electron chi connectivity index (χ0n) is 15.3. The van der Waals surface area contributed by atoms with Gasteiger partial charge in [0, 0.05) is 18.7 Å². The Morgan fingerprint density at radius 3 is 2.18 bits per heavy atom. The number of nitrogens with two attached hydrogens (primary N) is 1. The molecule has 2 aromatic carbocycles. The summed E-state index contributed by atoms with van der Waals surface area (Å²) in [5, 5.41) is 10.1. The smallest absolute Gasteiger partial charge is 0.271 e. The van der Waals surface area contributed by atoms with E-state index in [0.717, 1.165) is 10.5 Å². The van der Waals surface area contributed by atoms with Gasteiger partial charge in [-0.2, -0.15) is 0 Å². The molecule has 0 radical (unpaired) electrons. The number of hydrogen-bond acceptors (Lipinski definition) is 5. The summed E-state index contributed by atoms with van der Waals surface area (Å²) in [7, 11) is 0. The van der Waals surface area contributed by atoms with Crippen molar-refractivity contribution < 1.29 is 19.1 Å². The van der Waals surface area contributed by atoms with Gasteiger partial charge < -0.3 is 15.8 Å². The standard InChI is InChI=1S/C20H20N4O4/c1-2-28-20(24-18(26)14-5-3-4-6-15(14)19(24)27)17(25)23-11-12-7-9-13(10-8-12)16(21)22/h3-10,20H,2,11H2,1H3,(H3,21,22)(H,23,25). The molecule has 3 amide bonds. The summed E-state index contributed by atoms with van der Waals surface area (Å²) in [6, 6.07) is 13.2. The van der Waals surface area contributed by atoms with E-state index in [1.165, 1.54) is 0 Å². The molecule has 1 heterocycles. The van der Waals surface area contributed by atoms with Gasteiger partial charge in [-0.25, -0.2) is 4.90 Å². The van der Waals surface area contributed by atoms with Gasteiger partial charge in [-0.3, -0.25) is 19.8 Å². The number of amides is 3. The number of ether oxygens (including phenoxy) is 1. The number of nitrogen functional groups attached to an aromatic ring is 1. The Bertz CT molecular complexity index is 904. The number of carbonyl (C=O) groups excluding carboxylic acids is 3. The summed E-state index contributed by atoms with van der Waals surface area (Å²) in [6.45, 7) is 2.00. The molecule has 8 nitrogen and oxygen atoms in total. The molecule has 1 atom stereocenters. The molecule has 1 unspecified atom stereocenters. The van der Waals surface area contributed by atoms with Crippen LogP contribution < -0.4 is 11.1 Å². The molecule has 0 aliphatic carbocycles. The van der Waals surface area contributed by atoms with Crippen LogP contribution >= 0.6 is 0 Å². The minimum atomic E-state index is -1.35. The van der Waals surface area contributed by atoms with Gasteiger partial charge >= 0.3 is 0 Å². The number of fused-ring (bicyclic) bond motifs is 1. The largest absolute Gasteiger partial charge is 0.384 e. The van der Waals surface area contributed by atoms with Crippen molar-refractivity contribution in [2.45, 2.75) is 19.7 Å². The average Bonchev–Trinajstić information content (AvgIpc) is 2.95. The summed E-state index contributed by atoms with van der Waals surface area (Å²) < 4.78 is 5.43. The highest BCUT2D eigenvalue weighted by Gasteiger charge is 2.43. The maximum Gasteiger partial charge on any atom is 0.271 e. The Morgan fingerprint density at radius 2 is 1.68 bits per heavy atom. The van der Waals surface area contributed by atoms with Crippen molar-refractivity contribution >= 4 is 23.6 Å². The topological polar surface area (TPSA) is 126 Å². The first-order valence-electron chi connectivity index (χ1n) is 8.73. The zero-order chi connectivity index (χ0) is 20.3. The van der Waals surface area contributed by atoms with E-state index in [1.807, 2.05) is 0 Å². The average molecular weight is 380 g/mol. The second-order valence-corrected chi connectivity index (χ2v) is 6.16. The van der Waals surface area contributed by atoms with Crippen LogP contribution in [0.15, 0.2) is 48.5 Å². The molecule has 1 aliphatic heterocycles. The number of hydrogen-bond donors (Lipinski definition) is 3.